The van der Waals surface area contributed by atoms with E-state index < -0.39 is 16.7 Å². The van der Waals surface area contributed by atoms with E-state index in [-0.39, 0.29) is 34.5 Å². The van der Waals surface area contributed by atoms with Gasteiger partial charge in [0.05, 0.1) is 28.3 Å². The molecule has 2 heterocycles. The molecule has 0 unspecified atom stereocenters. The number of carbonyl (C=O) groups is 2. The third-order valence-corrected chi connectivity index (χ3v) is 4.68. The van der Waals surface area contributed by atoms with Crippen LogP contribution in [0, 0.1) is 10.1 Å². The van der Waals surface area contributed by atoms with Crippen LogP contribution in [-0.4, -0.2) is 27.7 Å². The molecular formula is C22H22N2O5. The highest BCUT2D eigenvalue weighted by molar-refractivity contribution is 6.11. The van der Waals surface area contributed by atoms with E-state index in [0.29, 0.717) is 5.52 Å². The summed E-state index contributed by atoms with van der Waals surface area (Å²) in [6.45, 7) is 8.10. The normalized spacial score (nSPS) is 11.4. The van der Waals surface area contributed by atoms with Crippen LogP contribution in [0.25, 0.3) is 5.52 Å². The summed E-state index contributed by atoms with van der Waals surface area (Å²) in [5.41, 5.74) is 1.94. The summed E-state index contributed by atoms with van der Waals surface area (Å²) in [5.74, 6) is -0.933. The van der Waals surface area contributed by atoms with Crippen molar-refractivity contribution in [1.82, 2.24) is 4.40 Å². The lowest BCUT2D eigenvalue weighted by atomic mass is 9.87. The number of rotatable bonds is 5. The molecule has 7 nitrogen and oxygen atoms in total. The van der Waals surface area contributed by atoms with E-state index >= 15 is 0 Å². The van der Waals surface area contributed by atoms with Gasteiger partial charge in [0.25, 0.3) is 5.69 Å². The lowest BCUT2D eigenvalue weighted by Crippen LogP contribution is -2.12. The Balaban J connectivity index is 2.20. The number of hydrogen-bond donors (Lipinski definition) is 0. The Bertz CT molecular complexity index is 1120. The van der Waals surface area contributed by atoms with Crippen LogP contribution >= 0.6 is 0 Å². The highest BCUT2D eigenvalue weighted by Gasteiger charge is 2.24. The van der Waals surface area contributed by atoms with Gasteiger partial charge >= 0.3 is 5.97 Å². The average molecular weight is 394 g/mol. The van der Waals surface area contributed by atoms with Gasteiger partial charge in [0.15, 0.2) is 0 Å². The zero-order valence-electron chi connectivity index (χ0n) is 16.8. The van der Waals surface area contributed by atoms with Crippen LogP contribution in [-0.2, 0) is 10.2 Å². The maximum absolute atomic E-state index is 13.1. The molecule has 0 N–H and O–H groups in total. The number of hydrogen-bond acceptors (Lipinski definition) is 5. The summed E-state index contributed by atoms with van der Waals surface area (Å²) in [7, 11) is 0. The minimum Gasteiger partial charge on any atom is -0.462 e. The summed E-state index contributed by atoms with van der Waals surface area (Å²) in [4.78, 5) is 36.1. The molecule has 0 aliphatic carbocycles. The molecule has 1 aromatic carbocycles. The van der Waals surface area contributed by atoms with Gasteiger partial charge in [0.2, 0.25) is 5.78 Å². The monoisotopic (exact) mass is 394 g/mol. The molecule has 29 heavy (non-hydrogen) atoms. The molecule has 0 saturated carbocycles. The van der Waals surface area contributed by atoms with Crippen molar-refractivity contribution in [3.63, 3.8) is 0 Å². The van der Waals surface area contributed by atoms with Crippen LogP contribution in [0.1, 0.15) is 59.7 Å². The summed E-state index contributed by atoms with van der Waals surface area (Å²) in [6, 6.07) is 10.8. The first-order chi connectivity index (χ1) is 13.6. The zero-order valence-corrected chi connectivity index (χ0v) is 16.8. The van der Waals surface area contributed by atoms with E-state index in [4.69, 9.17) is 4.74 Å². The van der Waals surface area contributed by atoms with Gasteiger partial charge in [-0.2, -0.15) is 0 Å². The number of pyridine rings is 1. The molecule has 0 aliphatic heterocycles. The summed E-state index contributed by atoms with van der Waals surface area (Å²) < 4.78 is 6.79. The van der Waals surface area contributed by atoms with Gasteiger partial charge in [0, 0.05) is 23.9 Å². The molecule has 7 heteroatoms. The number of ether oxygens (including phenoxy) is 1. The Hall–Kier alpha value is -3.48. The van der Waals surface area contributed by atoms with Crippen LogP contribution < -0.4 is 0 Å². The molecule has 0 saturated heterocycles. The SMILES string of the molecule is CCOC(=O)c1cc(C(=O)c2cccc([N+](=O)[O-])c2)n2ccc(C(C)(C)C)cc12. The molecule has 0 radical (unpaired) electrons. The van der Waals surface area contributed by atoms with Crippen LogP contribution in [0.2, 0.25) is 0 Å². The van der Waals surface area contributed by atoms with Crippen molar-refractivity contribution in [2.24, 2.45) is 0 Å². The van der Waals surface area contributed by atoms with Gasteiger partial charge < -0.3 is 9.14 Å². The Morgan fingerprint density at radius 1 is 1.14 bits per heavy atom. The molecular weight excluding hydrogens is 372 g/mol. The van der Waals surface area contributed by atoms with Crippen molar-refractivity contribution in [2.45, 2.75) is 33.1 Å². The maximum Gasteiger partial charge on any atom is 0.340 e. The molecule has 3 aromatic rings. The fourth-order valence-electron chi connectivity index (χ4n) is 3.12. The average Bonchev–Trinajstić information content (AvgIpc) is 3.06. The fourth-order valence-corrected chi connectivity index (χ4v) is 3.12. The highest BCUT2D eigenvalue weighted by Crippen LogP contribution is 2.28. The van der Waals surface area contributed by atoms with Crippen molar-refractivity contribution in [3.05, 3.63) is 81.2 Å². The third kappa shape index (κ3) is 3.89. The van der Waals surface area contributed by atoms with Crippen LogP contribution in [0.3, 0.4) is 0 Å². The molecule has 0 atom stereocenters. The molecule has 0 bridgehead atoms. The van der Waals surface area contributed by atoms with Crippen LogP contribution in [0.5, 0.6) is 0 Å². The number of carbonyl (C=O) groups excluding carboxylic acids is 2. The lowest BCUT2D eigenvalue weighted by molar-refractivity contribution is -0.384. The van der Waals surface area contributed by atoms with E-state index in [2.05, 4.69) is 20.8 Å². The zero-order chi connectivity index (χ0) is 21.3. The van der Waals surface area contributed by atoms with Gasteiger partial charge in [-0.3, -0.25) is 14.9 Å². The number of ketones is 1. The second-order valence-corrected chi connectivity index (χ2v) is 7.72. The second kappa shape index (κ2) is 7.50. The molecule has 0 amide bonds. The fraction of sp³-hybridized carbons (Fsp3) is 0.273. The smallest absolute Gasteiger partial charge is 0.340 e. The summed E-state index contributed by atoms with van der Waals surface area (Å²) in [5, 5.41) is 11.0. The Morgan fingerprint density at radius 3 is 2.48 bits per heavy atom. The van der Waals surface area contributed by atoms with Gasteiger partial charge in [0.1, 0.15) is 0 Å². The van der Waals surface area contributed by atoms with Crippen molar-refractivity contribution >= 4 is 23.0 Å². The standard InChI is InChI=1S/C22H22N2O5/c1-5-29-21(26)17-13-19(20(25)14-7-6-8-16(11-14)24(27)28)23-10-9-15(12-18(17)23)22(2,3)4/h6-13H,5H2,1-4H3. The topological polar surface area (TPSA) is 90.9 Å². The highest BCUT2D eigenvalue weighted by atomic mass is 16.6. The number of nitrogens with zero attached hydrogens (tertiary/aromatic N) is 2. The first-order valence-corrected chi connectivity index (χ1v) is 9.25. The van der Waals surface area contributed by atoms with E-state index in [1.807, 2.05) is 12.1 Å². The summed E-state index contributed by atoms with van der Waals surface area (Å²) >= 11 is 0. The number of esters is 1. The van der Waals surface area contributed by atoms with E-state index in [1.165, 1.54) is 30.3 Å². The van der Waals surface area contributed by atoms with Crippen LogP contribution in [0.4, 0.5) is 5.69 Å². The Kier molecular flexibility index (Phi) is 5.24. The van der Waals surface area contributed by atoms with E-state index in [9.17, 15) is 19.7 Å². The van der Waals surface area contributed by atoms with Gasteiger partial charge in [-0.05, 0) is 36.1 Å². The molecule has 150 valence electrons. The molecule has 0 spiro atoms. The Labute approximate surface area is 168 Å². The molecule has 2 aromatic heterocycles. The summed E-state index contributed by atoms with van der Waals surface area (Å²) in [6.07, 6.45) is 1.74. The van der Waals surface area contributed by atoms with E-state index in [0.717, 1.165) is 5.56 Å². The van der Waals surface area contributed by atoms with Crippen molar-refractivity contribution in [1.29, 1.82) is 0 Å². The first kappa shape index (κ1) is 20.3. The minimum atomic E-state index is -0.549. The first-order valence-electron chi connectivity index (χ1n) is 9.25. The largest absolute Gasteiger partial charge is 0.462 e. The van der Waals surface area contributed by atoms with Crippen molar-refractivity contribution < 1.29 is 19.2 Å². The van der Waals surface area contributed by atoms with Crippen molar-refractivity contribution in [2.75, 3.05) is 6.61 Å². The molecule has 3 rings (SSSR count). The van der Waals surface area contributed by atoms with E-state index in [1.54, 1.807) is 17.5 Å². The lowest BCUT2D eigenvalue weighted by Gasteiger charge is -2.19. The number of nitro groups is 1. The number of aromatic nitrogens is 1. The second-order valence-electron chi connectivity index (χ2n) is 7.72. The van der Waals surface area contributed by atoms with Gasteiger partial charge in [-0.15, -0.1) is 0 Å². The molecule has 0 aliphatic rings. The number of non-ortho nitro benzene ring substituents is 1. The predicted molar refractivity (Wildman–Crippen MR) is 109 cm³/mol. The number of fused-ring (bicyclic) bond motifs is 1. The quantitative estimate of drug-likeness (QED) is 0.274. The maximum atomic E-state index is 13.1. The van der Waals surface area contributed by atoms with Gasteiger partial charge in [-0.1, -0.05) is 32.9 Å². The van der Waals surface area contributed by atoms with Crippen LogP contribution in [0.15, 0.2) is 48.7 Å². The number of benzene rings is 1. The number of nitro benzene ring substituents is 1. The third-order valence-electron chi connectivity index (χ3n) is 4.68. The Morgan fingerprint density at radius 2 is 1.86 bits per heavy atom. The van der Waals surface area contributed by atoms with Gasteiger partial charge in [-0.25, -0.2) is 4.79 Å². The minimum absolute atomic E-state index is 0.151. The predicted octanol–water partition coefficient (Wildman–Crippen LogP) is 4.55. The van der Waals surface area contributed by atoms with Crippen molar-refractivity contribution in [3.8, 4) is 0 Å². The molecule has 0 fully saturated rings.